The first-order chi connectivity index (χ1) is 6.34. The minimum atomic E-state index is 0.404. The summed E-state index contributed by atoms with van der Waals surface area (Å²) in [4.78, 5) is 7.92. The molecular formula is C8H6ClN3O. The Labute approximate surface area is 79.6 Å². The van der Waals surface area contributed by atoms with E-state index < -0.39 is 0 Å². The first-order valence-electron chi connectivity index (χ1n) is 3.62. The molecular weight excluding hydrogens is 190 g/mol. The van der Waals surface area contributed by atoms with Gasteiger partial charge in [-0.25, -0.2) is 9.97 Å². The average molecular weight is 196 g/mol. The van der Waals surface area contributed by atoms with Crippen LogP contribution in [-0.2, 0) is 0 Å². The van der Waals surface area contributed by atoms with Crippen LogP contribution in [0.25, 0.3) is 0 Å². The third-order valence-corrected chi connectivity index (χ3v) is 1.61. The van der Waals surface area contributed by atoms with Crippen LogP contribution < -0.4 is 5.32 Å². The number of furan rings is 1. The van der Waals surface area contributed by atoms with E-state index in [1.165, 1.54) is 0 Å². The molecule has 2 aromatic heterocycles. The number of anilines is 2. The summed E-state index contributed by atoms with van der Waals surface area (Å²) in [7, 11) is 0. The number of hydrogen-bond acceptors (Lipinski definition) is 4. The van der Waals surface area contributed by atoms with Crippen LogP contribution >= 0.6 is 11.6 Å². The van der Waals surface area contributed by atoms with E-state index in [-0.39, 0.29) is 0 Å². The maximum Gasteiger partial charge on any atom is 0.228 e. The molecule has 5 heteroatoms. The average Bonchev–Trinajstić information content (AvgIpc) is 2.57. The zero-order valence-electron chi connectivity index (χ0n) is 6.57. The van der Waals surface area contributed by atoms with E-state index in [4.69, 9.17) is 16.0 Å². The fourth-order valence-corrected chi connectivity index (χ4v) is 0.998. The lowest BCUT2D eigenvalue weighted by atomic mass is 10.5. The van der Waals surface area contributed by atoms with Gasteiger partial charge in [0.1, 0.15) is 11.4 Å². The highest BCUT2D eigenvalue weighted by molar-refractivity contribution is 6.29. The molecule has 4 nitrogen and oxygen atoms in total. The molecule has 1 N–H and O–H groups in total. The van der Waals surface area contributed by atoms with Gasteiger partial charge in [0.05, 0.1) is 12.0 Å². The molecule has 0 amide bonds. The Morgan fingerprint density at radius 2 is 2.31 bits per heavy atom. The number of nitrogens with one attached hydrogen (secondary N) is 1. The smallest absolute Gasteiger partial charge is 0.228 e. The van der Waals surface area contributed by atoms with Crippen LogP contribution in [0.5, 0.6) is 0 Å². The number of halogens is 1. The predicted molar refractivity (Wildman–Crippen MR) is 49.0 cm³/mol. The van der Waals surface area contributed by atoms with Crippen LogP contribution in [0.15, 0.2) is 35.3 Å². The minimum absolute atomic E-state index is 0.404. The Kier molecular flexibility index (Phi) is 2.14. The van der Waals surface area contributed by atoms with E-state index in [1.807, 2.05) is 0 Å². The van der Waals surface area contributed by atoms with Gasteiger partial charge in [0.2, 0.25) is 5.95 Å². The van der Waals surface area contributed by atoms with Gasteiger partial charge in [-0.15, -0.1) is 0 Å². The summed E-state index contributed by atoms with van der Waals surface area (Å²) in [6.07, 6.45) is 4.70. The van der Waals surface area contributed by atoms with Gasteiger partial charge in [-0.1, -0.05) is 11.6 Å². The Morgan fingerprint density at radius 3 is 3.00 bits per heavy atom. The van der Waals surface area contributed by atoms with E-state index in [0.29, 0.717) is 11.1 Å². The van der Waals surface area contributed by atoms with Gasteiger partial charge in [0.15, 0.2) is 0 Å². The van der Waals surface area contributed by atoms with Crippen molar-refractivity contribution in [2.24, 2.45) is 0 Å². The number of hydrogen-bond donors (Lipinski definition) is 1. The third kappa shape index (κ3) is 1.97. The van der Waals surface area contributed by atoms with E-state index in [0.717, 1.165) is 5.69 Å². The van der Waals surface area contributed by atoms with Gasteiger partial charge >= 0.3 is 0 Å². The van der Waals surface area contributed by atoms with Crippen LogP contribution in [0.3, 0.4) is 0 Å². The molecule has 13 heavy (non-hydrogen) atoms. The zero-order valence-corrected chi connectivity index (χ0v) is 7.32. The summed E-state index contributed by atoms with van der Waals surface area (Å²) < 4.78 is 4.87. The van der Waals surface area contributed by atoms with Crippen molar-refractivity contribution in [1.82, 2.24) is 9.97 Å². The summed E-state index contributed by atoms with van der Waals surface area (Å²) in [6, 6.07) is 3.38. The molecule has 2 rings (SSSR count). The molecule has 0 aliphatic heterocycles. The third-order valence-electron chi connectivity index (χ3n) is 1.40. The summed E-state index contributed by atoms with van der Waals surface area (Å²) >= 11 is 5.67. The standard InChI is InChI=1S/C8H6ClN3O/c9-7-1-3-10-8(12-7)11-6-2-4-13-5-6/h1-5H,(H,10,11,12). The lowest BCUT2D eigenvalue weighted by molar-refractivity contribution is 0.568. The Morgan fingerprint density at radius 1 is 1.38 bits per heavy atom. The molecule has 0 unspecified atom stereocenters. The second kappa shape index (κ2) is 3.45. The van der Waals surface area contributed by atoms with Crippen LogP contribution in [0.2, 0.25) is 5.15 Å². The summed E-state index contributed by atoms with van der Waals surface area (Å²) in [5.41, 5.74) is 0.794. The minimum Gasteiger partial charge on any atom is -0.470 e. The maximum atomic E-state index is 5.67. The van der Waals surface area contributed by atoms with Gasteiger partial charge in [-0.05, 0) is 12.1 Å². The van der Waals surface area contributed by atoms with Crippen LogP contribution in [0, 0.1) is 0 Å². The molecule has 0 fully saturated rings. The van der Waals surface area contributed by atoms with Crippen molar-refractivity contribution in [3.05, 3.63) is 36.0 Å². The molecule has 0 bridgehead atoms. The first-order valence-corrected chi connectivity index (χ1v) is 4.00. The zero-order chi connectivity index (χ0) is 9.10. The Balaban J connectivity index is 2.19. The molecule has 0 radical (unpaired) electrons. The van der Waals surface area contributed by atoms with Crippen molar-refractivity contribution in [1.29, 1.82) is 0 Å². The normalized spacial score (nSPS) is 9.92. The SMILES string of the molecule is Clc1ccnc(Nc2ccoc2)n1. The van der Waals surface area contributed by atoms with E-state index in [1.54, 1.807) is 30.9 Å². The van der Waals surface area contributed by atoms with E-state index >= 15 is 0 Å². The highest BCUT2D eigenvalue weighted by atomic mass is 35.5. The van der Waals surface area contributed by atoms with Crippen molar-refractivity contribution in [3.8, 4) is 0 Å². The highest BCUT2D eigenvalue weighted by Gasteiger charge is 1.98. The molecule has 0 aliphatic carbocycles. The monoisotopic (exact) mass is 195 g/mol. The van der Waals surface area contributed by atoms with Gasteiger partial charge < -0.3 is 9.73 Å². The summed E-state index contributed by atoms with van der Waals surface area (Å²) in [6.45, 7) is 0. The molecule has 0 aromatic carbocycles. The van der Waals surface area contributed by atoms with Gasteiger partial charge in [-0.3, -0.25) is 0 Å². The fourth-order valence-electron chi connectivity index (χ4n) is 0.862. The Bertz CT molecular complexity index is 388. The molecule has 0 atom stereocenters. The number of nitrogens with zero attached hydrogens (tertiary/aromatic N) is 2. The van der Waals surface area contributed by atoms with Crippen LogP contribution in [0.4, 0.5) is 11.6 Å². The predicted octanol–water partition coefficient (Wildman–Crippen LogP) is 2.47. The van der Waals surface area contributed by atoms with Gasteiger partial charge in [-0.2, -0.15) is 0 Å². The molecule has 2 heterocycles. The molecule has 0 saturated heterocycles. The van der Waals surface area contributed by atoms with E-state index in [2.05, 4.69) is 15.3 Å². The maximum absolute atomic E-state index is 5.67. The highest BCUT2D eigenvalue weighted by Crippen LogP contribution is 2.13. The second-order valence-electron chi connectivity index (χ2n) is 2.34. The van der Waals surface area contributed by atoms with Crippen molar-refractivity contribution in [3.63, 3.8) is 0 Å². The number of rotatable bonds is 2. The van der Waals surface area contributed by atoms with Crippen molar-refractivity contribution < 1.29 is 4.42 Å². The van der Waals surface area contributed by atoms with Crippen molar-refractivity contribution in [2.45, 2.75) is 0 Å². The fraction of sp³-hybridized carbons (Fsp3) is 0. The lowest BCUT2D eigenvalue weighted by Gasteiger charge is -1.99. The Hall–Kier alpha value is -1.55. The van der Waals surface area contributed by atoms with Gasteiger partial charge in [0, 0.05) is 6.20 Å². The number of aromatic nitrogens is 2. The van der Waals surface area contributed by atoms with Crippen molar-refractivity contribution in [2.75, 3.05) is 5.32 Å². The molecule has 66 valence electrons. The lowest BCUT2D eigenvalue weighted by Crippen LogP contribution is -1.94. The summed E-state index contributed by atoms with van der Waals surface area (Å²) in [5, 5.41) is 3.33. The summed E-state index contributed by atoms with van der Waals surface area (Å²) in [5.74, 6) is 0.453. The largest absolute Gasteiger partial charge is 0.470 e. The van der Waals surface area contributed by atoms with Crippen LogP contribution in [0.1, 0.15) is 0 Å². The van der Waals surface area contributed by atoms with Crippen molar-refractivity contribution >= 4 is 23.2 Å². The first kappa shape index (κ1) is 8.07. The molecule has 0 aliphatic rings. The molecule has 0 saturated carbocycles. The van der Waals surface area contributed by atoms with Crippen LogP contribution in [-0.4, -0.2) is 9.97 Å². The second-order valence-corrected chi connectivity index (χ2v) is 2.73. The van der Waals surface area contributed by atoms with Gasteiger partial charge in [0.25, 0.3) is 0 Å². The van der Waals surface area contributed by atoms with E-state index in [9.17, 15) is 0 Å². The molecule has 2 aromatic rings. The quantitative estimate of drug-likeness (QED) is 0.748. The topological polar surface area (TPSA) is 51.0 Å². The molecule has 0 spiro atoms.